The van der Waals surface area contributed by atoms with E-state index < -0.39 is 0 Å². The Morgan fingerprint density at radius 1 is 0.944 bits per heavy atom. The molecular formula is C14H13Cl2NS. The summed E-state index contributed by atoms with van der Waals surface area (Å²) in [5, 5.41) is 1.50. The van der Waals surface area contributed by atoms with Gasteiger partial charge in [-0.1, -0.05) is 35.0 Å². The molecule has 2 aromatic rings. The summed E-state index contributed by atoms with van der Waals surface area (Å²) < 4.78 is 0. The molecule has 0 radical (unpaired) electrons. The highest BCUT2D eigenvalue weighted by atomic mass is 35.5. The van der Waals surface area contributed by atoms with Crippen molar-refractivity contribution in [1.82, 2.24) is 0 Å². The third-order valence-electron chi connectivity index (χ3n) is 2.48. The Morgan fingerprint density at radius 3 is 2.28 bits per heavy atom. The molecule has 0 spiro atoms. The Bertz CT molecular complexity index is 526. The molecule has 0 bridgehead atoms. The van der Waals surface area contributed by atoms with E-state index in [1.54, 1.807) is 11.8 Å². The number of hydrogen-bond donors (Lipinski definition) is 1. The molecule has 0 amide bonds. The van der Waals surface area contributed by atoms with Crippen LogP contribution in [0.2, 0.25) is 10.0 Å². The summed E-state index contributed by atoms with van der Waals surface area (Å²) in [6.45, 7) is 0.620. The van der Waals surface area contributed by atoms with Crippen LogP contribution in [-0.4, -0.2) is 6.54 Å². The molecule has 2 aromatic carbocycles. The minimum Gasteiger partial charge on any atom is -0.330 e. The number of hydrogen-bond acceptors (Lipinski definition) is 2. The van der Waals surface area contributed by atoms with Gasteiger partial charge in [0.15, 0.2) is 0 Å². The number of nitrogens with two attached hydrogens (primary N) is 1. The molecule has 4 heteroatoms. The Labute approximate surface area is 121 Å². The van der Waals surface area contributed by atoms with Gasteiger partial charge in [0.25, 0.3) is 0 Å². The van der Waals surface area contributed by atoms with E-state index in [1.807, 2.05) is 42.5 Å². The molecule has 2 N–H and O–H groups in total. The van der Waals surface area contributed by atoms with Crippen molar-refractivity contribution in [3.05, 3.63) is 58.1 Å². The SMILES string of the molecule is NCCc1cc(Cl)ccc1Sc1ccc(Cl)cc1. The van der Waals surface area contributed by atoms with Crippen molar-refractivity contribution in [3.63, 3.8) is 0 Å². The third kappa shape index (κ3) is 3.66. The highest BCUT2D eigenvalue weighted by Crippen LogP contribution is 2.32. The molecule has 1 nitrogen and oxygen atoms in total. The first kappa shape index (κ1) is 13.8. The van der Waals surface area contributed by atoms with E-state index in [2.05, 4.69) is 0 Å². The molecule has 0 aliphatic heterocycles. The van der Waals surface area contributed by atoms with Crippen LogP contribution in [0.3, 0.4) is 0 Å². The van der Waals surface area contributed by atoms with Crippen LogP contribution in [0, 0.1) is 0 Å². The summed E-state index contributed by atoms with van der Waals surface area (Å²) in [5.41, 5.74) is 6.81. The van der Waals surface area contributed by atoms with Crippen LogP contribution in [0.5, 0.6) is 0 Å². The van der Waals surface area contributed by atoms with E-state index in [9.17, 15) is 0 Å². The summed E-state index contributed by atoms with van der Waals surface area (Å²) in [7, 11) is 0. The highest BCUT2D eigenvalue weighted by molar-refractivity contribution is 7.99. The van der Waals surface area contributed by atoms with Crippen LogP contribution in [0.4, 0.5) is 0 Å². The lowest BCUT2D eigenvalue weighted by molar-refractivity contribution is 0.944. The molecule has 0 aliphatic carbocycles. The van der Waals surface area contributed by atoms with Gasteiger partial charge in [-0.25, -0.2) is 0 Å². The van der Waals surface area contributed by atoms with Gasteiger partial charge in [0.05, 0.1) is 0 Å². The third-order valence-corrected chi connectivity index (χ3v) is 4.09. The molecule has 18 heavy (non-hydrogen) atoms. The molecule has 0 atom stereocenters. The zero-order valence-electron chi connectivity index (χ0n) is 9.70. The van der Waals surface area contributed by atoms with Gasteiger partial charge in [0.1, 0.15) is 0 Å². The Hall–Kier alpha value is -0.670. The van der Waals surface area contributed by atoms with Crippen LogP contribution in [0.25, 0.3) is 0 Å². The zero-order valence-corrected chi connectivity index (χ0v) is 12.0. The summed E-state index contributed by atoms with van der Waals surface area (Å²) in [6.07, 6.45) is 0.830. The summed E-state index contributed by atoms with van der Waals surface area (Å²) in [4.78, 5) is 2.34. The Balaban J connectivity index is 2.25. The van der Waals surface area contributed by atoms with Crippen molar-refractivity contribution in [3.8, 4) is 0 Å². The molecule has 0 unspecified atom stereocenters. The Kier molecular flexibility index (Phi) is 4.95. The lowest BCUT2D eigenvalue weighted by Gasteiger charge is -2.09. The van der Waals surface area contributed by atoms with E-state index in [-0.39, 0.29) is 0 Å². The second kappa shape index (κ2) is 6.48. The molecule has 2 rings (SSSR count). The first-order valence-corrected chi connectivity index (χ1v) is 7.18. The van der Waals surface area contributed by atoms with Gasteiger partial charge in [-0.2, -0.15) is 0 Å². The van der Waals surface area contributed by atoms with Gasteiger partial charge in [-0.3, -0.25) is 0 Å². The number of benzene rings is 2. The molecule has 0 aromatic heterocycles. The largest absolute Gasteiger partial charge is 0.330 e. The second-order valence-corrected chi connectivity index (χ2v) is 5.83. The molecule has 0 saturated carbocycles. The van der Waals surface area contributed by atoms with Gasteiger partial charge in [0.2, 0.25) is 0 Å². The maximum atomic E-state index is 6.01. The van der Waals surface area contributed by atoms with Crippen LogP contribution < -0.4 is 5.73 Å². The highest BCUT2D eigenvalue weighted by Gasteiger charge is 2.05. The smallest absolute Gasteiger partial charge is 0.0409 e. The summed E-state index contributed by atoms with van der Waals surface area (Å²) in [5.74, 6) is 0. The summed E-state index contributed by atoms with van der Waals surface area (Å²) in [6, 6.07) is 13.7. The van der Waals surface area contributed by atoms with Gasteiger partial charge in [-0.05, 0) is 61.0 Å². The van der Waals surface area contributed by atoms with Crippen molar-refractivity contribution in [2.24, 2.45) is 5.73 Å². The van der Waals surface area contributed by atoms with Gasteiger partial charge < -0.3 is 5.73 Å². The monoisotopic (exact) mass is 297 g/mol. The average molecular weight is 298 g/mol. The van der Waals surface area contributed by atoms with Crippen molar-refractivity contribution in [1.29, 1.82) is 0 Å². The van der Waals surface area contributed by atoms with Crippen LogP contribution in [-0.2, 0) is 6.42 Å². The predicted molar refractivity (Wildman–Crippen MR) is 79.8 cm³/mol. The lowest BCUT2D eigenvalue weighted by Crippen LogP contribution is -2.03. The van der Waals surface area contributed by atoms with E-state index in [0.29, 0.717) is 6.54 Å². The van der Waals surface area contributed by atoms with E-state index >= 15 is 0 Å². The maximum Gasteiger partial charge on any atom is 0.0409 e. The van der Waals surface area contributed by atoms with Crippen molar-refractivity contribution < 1.29 is 0 Å². The molecule has 0 heterocycles. The molecular weight excluding hydrogens is 285 g/mol. The quantitative estimate of drug-likeness (QED) is 0.889. The van der Waals surface area contributed by atoms with Gasteiger partial charge >= 0.3 is 0 Å². The zero-order chi connectivity index (χ0) is 13.0. The topological polar surface area (TPSA) is 26.0 Å². The van der Waals surface area contributed by atoms with E-state index in [4.69, 9.17) is 28.9 Å². The van der Waals surface area contributed by atoms with Crippen LogP contribution in [0.1, 0.15) is 5.56 Å². The van der Waals surface area contributed by atoms with Gasteiger partial charge in [-0.15, -0.1) is 0 Å². The fourth-order valence-corrected chi connectivity index (χ4v) is 2.90. The summed E-state index contributed by atoms with van der Waals surface area (Å²) >= 11 is 13.6. The van der Waals surface area contributed by atoms with Crippen LogP contribution >= 0.6 is 35.0 Å². The van der Waals surface area contributed by atoms with Crippen molar-refractivity contribution >= 4 is 35.0 Å². The van der Waals surface area contributed by atoms with E-state index in [1.165, 1.54) is 10.5 Å². The van der Waals surface area contributed by atoms with Crippen LogP contribution in [0.15, 0.2) is 52.3 Å². The van der Waals surface area contributed by atoms with Gasteiger partial charge in [0, 0.05) is 19.8 Å². The molecule has 94 valence electrons. The minimum atomic E-state index is 0.620. The molecule has 0 saturated heterocycles. The Morgan fingerprint density at radius 2 is 1.61 bits per heavy atom. The standard InChI is InChI=1S/C14H13Cl2NS/c15-11-1-4-13(5-2-11)18-14-6-3-12(16)9-10(14)7-8-17/h1-6,9H,7-8,17H2. The van der Waals surface area contributed by atoms with Crippen molar-refractivity contribution in [2.45, 2.75) is 16.2 Å². The maximum absolute atomic E-state index is 6.01. The van der Waals surface area contributed by atoms with Crippen molar-refractivity contribution in [2.75, 3.05) is 6.54 Å². The van der Waals surface area contributed by atoms with E-state index in [0.717, 1.165) is 21.4 Å². The number of halogens is 2. The first-order chi connectivity index (χ1) is 8.69. The molecule has 0 fully saturated rings. The number of rotatable bonds is 4. The second-order valence-electron chi connectivity index (χ2n) is 3.85. The lowest BCUT2D eigenvalue weighted by atomic mass is 10.1. The normalized spacial score (nSPS) is 10.6. The fourth-order valence-electron chi connectivity index (χ4n) is 1.63. The predicted octanol–water partition coefficient (Wildman–Crippen LogP) is 4.65. The first-order valence-electron chi connectivity index (χ1n) is 5.61. The molecule has 0 aliphatic rings. The fraction of sp³-hybridized carbons (Fsp3) is 0.143. The average Bonchev–Trinajstić information content (AvgIpc) is 2.36. The minimum absolute atomic E-state index is 0.620.